The highest BCUT2D eigenvalue weighted by molar-refractivity contribution is 5.89. The van der Waals surface area contributed by atoms with Gasteiger partial charge in [0.1, 0.15) is 83.7 Å². The fourth-order valence-electron chi connectivity index (χ4n) is 7.37. The molecule has 3 fully saturated rings. The van der Waals surface area contributed by atoms with Crippen molar-refractivity contribution in [3.05, 3.63) is 72.3 Å². The smallest absolute Gasteiger partial charge is 0.402 e. The van der Waals surface area contributed by atoms with Gasteiger partial charge < -0.3 is 99.2 Å². The second kappa shape index (κ2) is 20.0. The number of fused-ring (bicyclic) bond motifs is 1. The minimum atomic E-state index is -1.94. The SMILES string of the molecule is COc1cc(/C=C/C(=O)OC2C(C)OC(OCC3OC(Oc4cc5c(OC6OC(CO)C(O)C(O)C6O)cc(O)cc5[o+]c4-c4ccc(O)cc4)C(O)C(O)C3O)C(O)C2O)ccc1O. The number of hydrogen-bond donors (Lipinski definition) is 12. The number of carbonyl (C=O) groups is 1. The largest absolute Gasteiger partial charge is 0.508 e. The summed E-state index contributed by atoms with van der Waals surface area (Å²) < 4.78 is 51.3. The van der Waals surface area contributed by atoms with E-state index in [1.54, 1.807) is 0 Å². The van der Waals surface area contributed by atoms with Crippen molar-refractivity contribution in [1.82, 2.24) is 0 Å². The molecule has 15 unspecified atom stereocenters. The van der Waals surface area contributed by atoms with Crippen LogP contribution in [0, 0.1) is 0 Å². The van der Waals surface area contributed by atoms with Crippen molar-refractivity contribution < 1.29 is 108 Å². The average molecular weight is 918 g/mol. The van der Waals surface area contributed by atoms with Gasteiger partial charge in [0.25, 0.3) is 0 Å². The summed E-state index contributed by atoms with van der Waals surface area (Å²) >= 11 is 0. The molecule has 22 heteroatoms. The summed E-state index contributed by atoms with van der Waals surface area (Å²) in [6.45, 7) is 0.0479. The summed E-state index contributed by atoms with van der Waals surface area (Å²) in [5, 5.41) is 126. The van der Waals surface area contributed by atoms with E-state index < -0.39 is 117 Å². The molecule has 3 aromatic carbocycles. The summed E-state index contributed by atoms with van der Waals surface area (Å²) in [4.78, 5) is 12.7. The summed E-state index contributed by atoms with van der Waals surface area (Å²) in [7, 11) is 1.36. The molecule has 0 saturated carbocycles. The number of ether oxygens (including phenoxy) is 8. The first-order valence-electron chi connectivity index (χ1n) is 20.1. The normalized spacial score (nSPS) is 32.9. The third-order valence-corrected chi connectivity index (χ3v) is 11.0. The zero-order valence-corrected chi connectivity index (χ0v) is 34.5. The van der Waals surface area contributed by atoms with Crippen LogP contribution in [0.25, 0.3) is 28.4 Å². The van der Waals surface area contributed by atoms with Gasteiger partial charge in [-0.15, -0.1) is 0 Å². The molecule has 65 heavy (non-hydrogen) atoms. The van der Waals surface area contributed by atoms with Crippen molar-refractivity contribution in [3.63, 3.8) is 0 Å². The topological polar surface area (TPSA) is 345 Å². The predicted octanol–water partition coefficient (Wildman–Crippen LogP) is -1.02. The summed E-state index contributed by atoms with van der Waals surface area (Å²) in [5.74, 6) is -1.88. The molecule has 0 spiro atoms. The Hall–Kier alpha value is -5.44. The number of hydrogen-bond acceptors (Lipinski definition) is 21. The fourth-order valence-corrected chi connectivity index (χ4v) is 7.37. The predicted molar refractivity (Wildman–Crippen MR) is 217 cm³/mol. The maximum Gasteiger partial charge on any atom is 0.402 e. The van der Waals surface area contributed by atoms with Gasteiger partial charge in [-0.25, -0.2) is 9.21 Å². The van der Waals surface area contributed by atoms with E-state index in [1.165, 1.54) is 74.7 Å². The van der Waals surface area contributed by atoms with Gasteiger partial charge in [-0.05, 0) is 55.0 Å². The van der Waals surface area contributed by atoms with Crippen LogP contribution < -0.4 is 14.2 Å². The van der Waals surface area contributed by atoms with Crippen LogP contribution in [0.3, 0.4) is 0 Å². The van der Waals surface area contributed by atoms with Crippen molar-refractivity contribution in [2.24, 2.45) is 0 Å². The first-order valence-corrected chi connectivity index (χ1v) is 20.1. The quantitative estimate of drug-likeness (QED) is 0.0434. The third-order valence-electron chi connectivity index (χ3n) is 11.0. The van der Waals surface area contributed by atoms with Gasteiger partial charge in [0, 0.05) is 18.2 Å². The van der Waals surface area contributed by atoms with E-state index in [2.05, 4.69) is 0 Å². The number of benzene rings is 3. The van der Waals surface area contributed by atoms with Crippen molar-refractivity contribution in [2.45, 2.75) is 99.0 Å². The van der Waals surface area contributed by atoms with E-state index in [0.717, 1.165) is 12.1 Å². The fraction of sp³-hybridized carbons (Fsp3) is 0.442. The molecule has 0 bridgehead atoms. The molecule has 12 N–H and O–H groups in total. The van der Waals surface area contributed by atoms with Gasteiger partial charge in [0.15, 0.2) is 23.9 Å². The number of aliphatic hydroxyl groups excluding tert-OH is 9. The number of esters is 1. The van der Waals surface area contributed by atoms with Crippen LogP contribution >= 0.6 is 0 Å². The van der Waals surface area contributed by atoms with Crippen molar-refractivity contribution in [3.8, 4) is 45.8 Å². The minimum Gasteiger partial charge on any atom is -0.508 e. The van der Waals surface area contributed by atoms with Crippen molar-refractivity contribution in [1.29, 1.82) is 0 Å². The lowest BCUT2D eigenvalue weighted by atomic mass is 9.98. The Balaban J connectivity index is 1.08. The van der Waals surface area contributed by atoms with Gasteiger partial charge in [0.2, 0.25) is 18.3 Å². The van der Waals surface area contributed by atoms with Crippen molar-refractivity contribution >= 4 is 23.0 Å². The second-order valence-corrected chi connectivity index (χ2v) is 15.5. The Bertz CT molecular complexity index is 2310. The average Bonchev–Trinajstić information content (AvgIpc) is 3.29. The molecule has 0 amide bonds. The maximum atomic E-state index is 12.7. The van der Waals surface area contributed by atoms with E-state index in [9.17, 15) is 66.1 Å². The van der Waals surface area contributed by atoms with E-state index in [1.807, 2.05) is 0 Å². The first-order chi connectivity index (χ1) is 31.0. The van der Waals surface area contributed by atoms with Crippen LogP contribution in [-0.4, -0.2) is 180 Å². The molecule has 4 aromatic rings. The lowest BCUT2D eigenvalue weighted by molar-refractivity contribution is -0.319. The van der Waals surface area contributed by atoms with Crippen LogP contribution in [-0.2, 0) is 28.5 Å². The number of phenols is 3. The molecule has 3 aliphatic heterocycles. The molecule has 15 atom stereocenters. The van der Waals surface area contributed by atoms with Crippen LogP contribution in [0.1, 0.15) is 12.5 Å². The van der Waals surface area contributed by atoms with Gasteiger partial charge in [-0.2, -0.15) is 0 Å². The minimum absolute atomic E-state index is 0.0252. The van der Waals surface area contributed by atoms with Gasteiger partial charge in [-0.1, -0.05) is 6.07 Å². The zero-order chi connectivity index (χ0) is 46.9. The molecule has 3 aliphatic rings. The van der Waals surface area contributed by atoms with E-state index in [-0.39, 0.29) is 51.0 Å². The Kier molecular flexibility index (Phi) is 14.6. The number of rotatable bonds is 13. The molecular weight excluding hydrogens is 868 g/mol. The molecule has 3 saturated heterocycles. The van der Waals surface area contributed by atoms with Crippen molar-refractivity contribution in [2.75, 3.05) is 20.3 Å². The van der Waals surface area contributed by atoms with Crippen LogP contribution in [0.15, 0.2) is 71.2 Å². The maximum absolute atomic E-state index is 12.7. The number of aliphatic hydroxyl groups is 9. The van der Waals surface area contributed by atoms with E-state index >= 15 is 0 Å². The molecule has 352 valence electrons. The van der Waals surface area contributed by atoms with Gasteiger partial charge >= 0.3 is 17.3 Å². The lowest BCUT2D eigenvalue weighted by Crippen LogP contribution is -2.62. The van der Waals surface area contributed by atoms with Crippen LogP contribution in [0.5, 0.6) is 34.5 Å². The standard InChI is InChI=1S/C43H48O22/c1-17-39(65-30(48)10-4-18-3-9-23(47)26(11-18)57-2)35(53)38(56)41(59-17)58-16-29-32(50)34(52)37(55)43(64-29)62-27-14-22-24(60-40(27)19-5-7-20(45)8-6-19)12-21(46)13-25(22)61-42-36(54)33(51)31(49)28(15-44)63-42/h3-14,17,28-29,31-39,41-44,49-56H,15-16H2,1-2H3,(H2-,45,46,47,48)/p+1. The number of aromatic hydroxyl groups is 3. The number of methoxy groups -OCH3 is 1. The molecule has 0 aliphatic carbocycles. The van der Waals surface area contributed by atoms with Crippen LogP contribution in [0.2, 0.25) is 0 Å². The molecular formula is C43H49O22+. The Morgan fingerprint density at radius 1 is 0.677 bits per heavy atom. The van der Waals surface area contributed by atoms with Gasteiger partial charge in [-0.3, -0.25) is 0 Å². The second-order valence-electron chi connectivity index (χ2n) is 15.5. The number of carbonyl (C=O) groups excluding carboxylic acids is 1. The molecule has 0 radical (unpaired) electrons. The van der Waals surface area contributed by atoms with Crippen LogP contribution in [0.4, 0.5) is 0 Å². The highest BCUT2D eigenvalue weighted by Crippen LogP contribution is 2.42. The summed E-state index contributed by atoms with van der Waals surface area (Å²) in [6.07, 6.45) is -22.5. The molecule has 4 heterocycles. The summed E-state index contributed by atoms with van der Waals surface area (Å²) in [5.41, 5.74) is 0.702. The lowest BCUT2D eigenvalue weighted by Gasteiger charge is -2.42. The highest BCUT2D eigenvalue weighted by Gasteiger charge is 2.49. The molecule has 7 rings (SSSR count). The third kappa shape index (κ3) is 10.2. The number of phenolic OH excluding ortho intramolecular Hbond substituents is 3. The Morgan fingerprint density at radius 3 is 1.97 bits per heavy atom. The monoisotopic (exact) mass is 917 g/mol. The van der Waals surface area contributed by atoms with E-state index in [4.69, 9.17) is 42.3 Å². The molecule has 1 aromatic heterocycles. The highest BCUT2D eigenvalue weighted by atomic mass is 16.7. The van der Waals surface area contributed by atoms with Gasteiger partial charge in [0.05, 0.1) is 38.1 Å². The van der Waals surface area contributed by atoms with E-state index in [0.29, 0.717) is 5.56 Å². The molecule has 22 nitrogen and oxygen atoms in total. The summed E-state index contributed by atoms with van der Waals surface area (Å²) in [6, 6.07) is 13.5. The Morgan fingerprint density at radius 2 is 1.31 bits per heavy atom. The zero-order valence-electron chi connectivity index (χ0n) is 34.5. The Labute approximate surface area is 368 Å². The first kappa shape index (κ1) is 47.5.